The third-order valence-electron chi connectivity index (χ3n) is 1.67. The Morgan fingerprint density at radius 3 is 2.50 bits per heavy atom. The van der Waals surface area contributed by atoms with Gasteiger partial charge in [0.05, 0.1) is 0 Å². The molecule has 1 aliphatic rings. The van der Waals surface area contributed by atoms with E-state index in [0.29, 0.717) is 0 Å². The molecule has 1 rings (SSSR count). The topological polar surface area (TPSA) is 58.9 Å². The lowest BCUT2D eigenvalue weighted by Gasteiger charge is -2.04. The van der Waals surface area contributed by atoms with Crippen LogP contribution >= 0.6 is 0 Å². The molecule has 0 aliphatic carbocycles. The molecule has 0 amide bonds. The van der Waals surface area contributed by atoms with Crippen LogP contribution in [0, 0.1) is 5.92 Å². The molecule has 10 heavy (non-hydrogen) atoms. The van der Waals surface area contributed by atoms with Crippen LogP contribution in [0.1, 0.15) is 13.8 Å². The van der Waals surface area contributed by atoms with E-state index in [2.05, 4.69) is 5.16 Å². The van der Waals surface area contributed by atoms with Crippen LogP contribution in [-0.4, -0.2) is 22.9 Å². The van der Waals surface area contributed by atoms with Crippen molar-refractivity contribution in [1.82, 2.24) is 0 Å². The molecule has 1 N–H and O–H groups in total. The van der Waals surface area contributed by atoms with Gasteiger partial charge in [0.1, 0.15) is 6.10 Å². The number of aliphatic carboxylic acids is 1. The van der Waals surface area contributed by atoms with E-state index in [-0.39, 0.29) is 17.7 Å². The minimum Gasteiger partial charge on any atom is -0.477 e. The fourth-order valence-electron chi connectivity index (χ4n) is 0.770. The SMILES string of the molecule is CC1ON=C(C(=O)O)C1C. The van der Waals surface area contributed by atoms with Crippen LogP contribution in [0.5, 0.6) is 0 Å². The van der Waals surface area contributed by atoms with E-state index < -0.39 is 5.97 Å². The number of hydrogen-bond donors (Lipinski definition) is 1. The standard InChI is InChI=1S/C6H9NO3/c1-3-4(2)10-7-5(3)6(8)9/h3-4H,1-2H3,(H,8,9). The smallest absolute Gasteiger partial charge is 0.354 e. The molecule has 56 valence electrons. The van der Waals surface area contributed by atoms with Gasteiger partial charge in [-0.15, -0.1) is 0 Å². The van der Waals surface area contributed by atoms with Crippen LogP contribution in [-0.2, 0) is 9.63 Å². The van der Waals surface area contributed by atoms with E-state index in [4.69, 9.17) is 9.94 Å². The number of rotatable bonds is 1. The normalized spacial score (nSPS) is 31.2. The Labute approximate surface area is 58.5 Å². The first-order valence-electron chi connectivity index (χ1n) is 3.10. The summed E-state index contributed by atoms with van der Waals surface area (Å²) in [6, 6.07) is 0. The summed E-state index contributed by atoms with van der Waals surface area (Å²) >= 11 is 0. The van der Waals surface area contributed by atoms with Gasteiger partial charge in [0.2, 0.25) is 0 Å². The fourth-order valence-corrected chi connectivity index (χ4v) is 0.770. The van der Waals surface area contributed by atoms with Crippen molar-refractivity contribution in [2.45, 2.75) is 20.0 Å². The summed E-state index contributed by atoms with van der Waals surface area (Å²) < 4.78 is 0. The van der Waals surface area contributed by atoms with Crippen LogP contribution in [0.4, 0.5) is 0 Å². The summed E-state index contributed by atoms with van der Waals surface area (Å²) in [6.07, 6.45) is -0.105. The highest BCUT2D eigenvalue weighted by Crippen LogP contribution is 2.16. The lowest BCUT2D eigenvalue weighted by molar-refractivity contribution is -0.129. The minimum atomic E-state index is -0.989. The van der Waals surface area contributed by atoms with Crippen molar-refractivity contribution in [3.05, 3.63) is 0 Å². The first-order valence-corrected chi connectivity index (χ1v) is 3.10. The Balaban J connectivity index is 2.72. The van der Waals surface area contributed by atoms with Gasteiger partial charge in [-0.25, -0.2) is 4.79 Å². The lowest BCUT2D eigenvalue weighted by Crippen LogP contribution is -2.23. The Morgan fingerprint density at radius 2 is 2.30 bits per heavy atom. The van der Waals surface area contributed by atoms with Crippen molar-refractivity contribution in [2.24, 2.45) is 11.1 Å². The Bertz CT molecular complexity index is 187. The Kier molecular flexibility index (Phi) is 1.61. The van der Waals surface area contributed by atoms with Crippen LogP contribution < -0.4 is 0 Å². The van der Waals surface area contributed by atoms with Gasteiger partial charge in [-0.05, 0) is 6.92 Å². The zero-order valence-corrected chi connectivity index (χ0v) is 5.87. The third-order valence-corrected chi connectivity index (χ3v) is 1.67. The predicted molar refractivity (Wildman–Crippen MR) is 34.8 cm³/mol. The molecule has 0 radical (unpaired) electrons. The zero-order valence-electron chi connectivity index (χ0n) is 5.87. The number of carbonyl (C=O) groups is 1. The minimum absolute atomic E-state index is 0.0995. The van der Waals surface area contributed by atoms with Crippen molar-refractivity contribution >= 4 is 11.7 Å². The number of hydrogen-bond acceptors (Lipinski definition) is 3. The van der Waals surface area contributed by atoms with Crippen molar-refractivity contribution < 1.29 is 14.7 Å². The number of nitrogens with zero attached hydrogens (tertiary/aromatic N) is 1. The molecular formula is C6H9NO3. The highest BCUT2D eigenvalue weighted by molar-refractivity contribution is 6.36. The molecule has 4 heteroatoms. The maximum atomic E-state index is 10.3. The molecule has 0 saturated carbocycles. The van der Waals surface area contributed by atoms with Gasteiger partial charge in [0.25, 0.3) is 0 Å². The monoisotopic (exact) mass is 143 g/mol. The molecule has 1 heterocycles. The molecule has 0 fully saturated rings. The number of carboxylic acids is 1. The summed E-state index contributed by atoms with van der Waals surface area (Å²) in [5.74, 6) is -1.09. The second-order valence-corrected chi connectivity index (χ2v) is 2.38. The Morgan fingerprint density at radius 1 is 1.70 bits per heavy atom. The molecule has 0 saturated heterocycles. The van der Waals surface area contributed by atoms with Crippen LogP contribution in [0.25, 0.3) is 0 Å². The van der Waals surface area contributed by atoms with E-state index in [9.17, 15) is 4.79 Å². The maximum absolute atomic E-state index is 10.3. The molecule has 0 aromatic carbocycles. The summed E-state index contributed by atoms with van der Waals surface area (Å²) in [4.78, 5) is 15.1. The molecule has 1 aliphatic heterocycles. The second kappa shape index (κ2) is 2.28. The fraction of sp³-hybridized carbons (Fsp3) is 0.667. The summed E-state index contributed by atoms with van der Waals surface area (Å²) in [5.41, 5.74) is 0.118. The van der Waals surface area contributed by atoms with E-state index in [1.807, 2.05) is 0 Å². The van der Waals surface area contributed by atoms with Gasteiger partial charge < -0.3 is 9.94 Å². The van der Waals surface area contributed by atoms with Crippen LogP contribution in [0.15, 0.2) is 5.16 Å². The molecule has 0 bridgehead atoms. The Hall–Kier alpha value is -1.06. The number of oxime groups is 1. The van der Waals surface area contributed by atoms with Gasteiger partial charge in [0.15, 0.2) is 5.71 Å². The first kappa shape index (κ1) is 7.05. The van der Waals surface area contributed by atoms with Crippen LogP contribution in [0.3, 0.4) is 0 Å². The largest absolute Gasteiger partial charge is 0.477 e. The summed E-state index contributed by atoms with van der Waals surface area (Å²) in [7, 11) is 0. The molecule has 2 atom stereocenters. The van der Waals surface area contributed by atoms with Gasteiger partial charge >= 0.3 is 5.97 Å². The van der Waals surface area contributed by atoms with Crippen molar-refractivity contribution in [1.29, 1.82) is 0 Å². The average Bonchev–Trinajstić information content (AvgIpc) is 2.14. The van der Waals surface area contributed by atoms with Crippen LogP contribution in [0.2, 0.25) is 0 Å². The average molecular weight is 143 g/mol. The van der Waals surface area contributed by atoms with Gasteiger partial charge in [-0.3, -0.25) is 0 Å². The van der Waals surface area contributed by atoms with Gasteiger partial charge in [-0.1, -0.05) is 12.1 Å². The molecular weight excluding hydrogens is 134 g/mol. The van der Waals surface area contributed by atoms with E-state index in [1.54, 1.807) is 13.8 Å². The van der Waals surface area contributed by atoms with E-state index in [0.717, 1.165) is 0 Å². The van der Waals surface area contributed by atoms with Crippen molar-refractivity contribution in [3.63, 3.8) is 0 Å². The highest BCUT2D eigenvalue weighted by Gasteiger charge is 2.30. The quantitative estimate of drug-likeness (QED) is 0.580. The molecule has 0 spiro atoms. The summed E-state index contributed by atoms with van der Waals surface area (Å²) in [5, 5.41) is 11.9. The van der Waals surface area contributed by atoms with Crippen molar-refractivity contribution in [2.75, 3.05) is 0 Å². The van der Waals surface area contributed by atoms with Gasteiger partial charge in [-0.2, -0.15) is 0 Å². The molecule has 2 unspecified atom stereocenters. The molecule has 0 aromatic heterocycles. The molecule has 4 nitrogen and oxygen atoms in total. The predicted octanol–water partition coefficient (Wildman–Crippen LogP) is 0.482. The van der Waals surface area contributed by atoms with Gasteiger partial charge in [0, 0.05) is 5.92 Å². The number of carboxylic acid groups (broad SMARTS) is 1. The lowest BCUT2D eigenvalue weighted by atomic mass is 10.0. The maximum Gasteiger partial charge on any atom is 0.354 e. The molecule has 0 aromatic rings. The summed E-state index contributed by atoms with van der Waals surface area (Å²) in [6.45, 7) is 3.58. The van der Waals surface area contributed by atoms with Crippen molar-refractivity contribution in [3.8, 4) is 0 Å². The van der Waals surface area contributed by atoms with E-state index in [1.165, 1.54) is 0 Å². The third kappa shape index (κ3) is 0.964. The highest BCUT2D eigenvalue weighted by atomic mass is 16.6. The zero-order chi connectivity index (χ0) is 7.72. The second-order valence-electron chi connectivity index (χ2n) is 2.38. The van der Waals surface area contributed by atoms with E-state index >= 15 is 0 Å². The first-order chi connectivity index (χ1) is 4.63.